The van der Waals surface area contributed by atoms with Crippen molar-refractivity contribution in [2.24, 2.45) is 0 Å². The van der Waals surface area contributed by atoms with Crippen LogP contribution in [0.25, 0.3) is 0 Å². The first-order valence-corrected chi connectivity index (χ1v) is 6.86. The summed E-state index contributed by atoms with van der Waals surface area (Å²) >= 11 is 0. The van der Waals surface area contributed by atoms with Crippen LogP contribution in [0.1, 0.15) is 19.4 Å². The molecular weight excluding hydrogens is 240 g/mol. The van der Waals surface area contributed by atoms with Gasteiger partial charge in [0, 0.05) is 17.9 Å². The van der Waals surface area contributed by atoms with Crippen molar-refractivity contribution in [3.63, 3.8) is 0 Å². The molecule has 96 valence electrons. The topological polar surface area (TPSA) is 83.6 Å². The summed E-state index contributed by atoms with van der Waals surface area (Å²) in [6, 6.07) is 5.28. The van der Waals surface area contributed by atoms with Gasteiger partial charge in [-0.1, -0.05) is 0 Å². The Hall–Kier alpha value is -1.27. The van der Waals surface area contributed by atoms with E-state index in [4.69, 9.17) is 10.3 Å². The lowest BCUT2D eigenvalue weighted by Crippen LogP contribution is -2.38. The van der Waals surface area contributed by atoms with Gasteiger partial charge in [0.15, 0.2) is 5.37 Å². The first-order valence-electron chi connectivity index (χ1n) is 5.36. The monoisotopic (exact) mass is 258 g/mol. The van der Waals surface area contributed by atoms with Crippen LogP contribution in [-0.4, -0.2) is 24.9 Å². The quantitative estimate of drug-likeness (QED) is 0.633. The molecule has 0 amide bonds. The Bertz CT molecular complexity index is 499. The van der Waals surface area contributed by atoms with Crippen molar-refractivity contribution >= 4 is 21.5 Å². The van der Waals surface area contributed by atoms with Gasteiger partial charge in [0.05, 0.1) is 0 Å². The molecule has 3 N–H and O–H groups in total. The van der Waals surface area contributed by atoms with Crippen molar-refractivity contribution in [1.82, 2.24) is 0 Å². The van der Waals surface area contributed by atoms with Crippen molar-refractivity contribution in [2.75, 3.05) is 17.2 Å². The maximum absolute atomic E-state index is 11.1. The van der Waals surface area contributed by atoms with Gasteiger partial charge < -0.3 is 10.6 Å². The Morgan fingerprint density at radius 3 is 2.47 bits per heavy atom. The summed E-state index contributed by atoms with van der Waals surface area (Å²) < 4.78 is 31.4. The maximum atomic E-state index is 11.1. The van der Waals surface area contributed by atoms with Crippen LogP contribution in [0.15, 0.2) is 18.2 Å². The first-order chi connectivity index (χ1) is 7.77. The van der Waals surface area contributed by atoms with Crippen LogP contribution >= 0.6 is 0 Å². The molecule has 0 radical (unpaired) electrons. The van der Waals surface area contributed by atoms with Crippen molar-refractivity contribution in [2.45, 2.75) is 26.1 Å². The second kappa shape index (κ2) is 4.93. The highest BCUT2D eigenvalue weighted by Gasteiger charge is 2.24. The van der Waals surface area contributed by atoms with E-state index in [-0.39, 0.29) is 0 Å². The van der Waals surface area contributed by atoms with Gasteiger partial charge in [-0.2, -0.15) is 8.42 Å². The van der Waals surface area contributed by atoms with Gasteiger partial charge in [-0.05, 0) is 44.5 Å². The molecular formula is C11H18N2O3S. The van der Waals surface area contributed by atoms with Crippen LogP contribution in [-0.2, 0) is 10.1 Å². The van der Waals surface area contributed by atoms with Gasteiger partial charge in [-0.15, -0.1) is 0 Å². The number of rotatable bonds is 4. The van der Waals surface area contributed by atoms with Crippen molar-refractivity contribution in [1.29, 1.82) is 0 Å². The van der Waals surface area contributed by atoms with Crippen LogP contribution in [0.5, 0.6) is 0 Å². The van der Waals surface area contributed by atoms with Gasteiger partial charge in [-0.3, -0.25) is 4.55 Å². The van der Waals surface area contributed by atoms with E-state index in [9.17, 15) is 8.42 Å². The second-order valence-corrected chi connectivity index (χ2v) is 5.65. The van der Waals surface area contributed by atoms with Gasteiger partial charge in [0.2, 0.25) is 0 Å². The fraction of sp³-hybridized carbons (Fsp3) is 0.455. The van der Waals surface area contributed by atoms with E-state index >= 15 is 0 Å². The molecule has 0 aliphatic heterocycles. The molecule has 1 unspecified atom stereocenters. The van der Waals surface area contributed by atoms with Gasteiger partial charge >= 0.3 is 0 Å². The molecule has 0 saturated carbocycles. The Morgan fingerprint density at radius 1 is 1.47 bits per heavy atom. The van der Waals surface area contributed by atoms with Crippen LogP contribution in [0, 0.1) is 6.92 Å². The first kappa shape index (κ1) is 13.8. The van der Waals surface area contributed by atoms with Gasteiger partial charge in [-0.25, -0.2) is 0 Å². The number of nitrogen functional groups attached to an aromatic ring is 1. The number of nitrogens with zero attached hydrogens (tertiary/aromatic N) is 1. The van der Waals surface area contributed by atoms with Crippen LogP contribution < -0.4 is 10.6 Å². The summed E-state index contributed by atoms with van der Waals surface area (Å²) in [4.78, 5) is 1.60. The molecule has 17 heavy (non-hydrogen) atoms. The summed E-state index contributed by atoms with van der Waals surface area (Å²) in [7, 11) is -4.09. The highest BCUT2D eigenvalue weighted by Crippen LogP contribution is 2.23. The number of hydrogen-bond donors (Lipinski definition) is 2. The smallest absolute Gasteiger partial charge is 0.286 e. The van der Waals surface area contributed by atoms with Crippen LogP contribution in [0.2, 0.25) is 0 Å². The molecule has 0 aliphatic carbocycles. The van der Waals surface area contributed by atoms with Crippen LogP contribution in [0.4, 0.5) is 11.4 Å². The SMILES string of the molecule is CCN(c1ccc(N)c(C)c1)C(C)S(=O)(=O)O. The van der Waals surface area contributed by atoms with E-state index in [1.54, 1.807) is 23.1 Å². The maximum Gasteiger partial charge on any atom is 0.286 e. The fourth-order valence-corrected chi connectivity index (χ4v) is 2.24. The molecule has 0 heterocycles. The number of benzene rings is 1. The summed E-state index contributed by atoms with van der Waals surface area (Å²) in [5.41, 5.74) is 7.97. The third-order valence-electron chi connectivity index (χ3n) is 2.80. The largest absolute Gasteiger partial charge is 0.399 e. The van der Waals surface area contributed by atoms with Gasteiger partial charge in [0.25, 0.3) is 10.1 Å². The minimum Gasteiger partial charge on any atom is -0.399 e. The Kier molecular flexibility index (Phi) is 4.00. The Balaban J connectivity index is 3.14. The zero-order chi connectivity index (χ0) is 13.2. The lowest BCUT2D eigenvalue weighted by Gasteiger charge is -2.28. The van der Waals surface area contributed by atoms with E-state index < -0.39 is 15.5 Å². The summed E-state index contributed by atoms with van der Waals surface area (Å²) in [5, 5.41) is -0.976. The minimum atomic E-state index is -4.09. The number of nitrogens with two attached hydrogens (primary N) is 1. The predicted molar refractivity (Wildman–Crippen MR) is 69.6 cm³/mol. The Morgan fingerprint density at radius 2 is 2.06 bits per heavy atom. The molecule has 1 atom stereocenters. The number of hydrogen-bond acceptors (Lipinski definition) is 4. The lowest BCUT2D eigenvalue weighted by atomic mass is 10.1. The molecule has 1 rings (SSSR count). The molecule has 0 bridgehead atoms. The van der Waals surface area contributed by atoms with Crippen molar-refractivity contribution < 1.29 is 13.0 Å². The summed E-state index contributed by atoms with van der Waals surface area (Å²) in [5.74, 6) is 0. The highest BCUT2D eigenvalue weighted by molar-refractivity contribution is 7.86. The number of aryl methyl sites for hydroxylation is 1. The average Bonchev–Trinajstić information content (AvgIpc) is 2.23. The average molecular weight is 258 g/mol. The zero-order valence-electron chi connectivity index (χ0n) is 10.2. The van der Waals surface area contributed by atoms with E-state index in [0.717, 1.165) is 11.3 Å². The fourth-order valence-electron chi connectivity index (χ4n) is 1.65. The predicted octanol–water partition coefficient (Wildman–Crippen LogP) is 1.64. The van der Waals surface area contributed by atoms with E-state index in [2.05, 4.69) is 0 Å². The Labute approximate surface area is 102 Å². The normalized spacial score (nSPS) is 13.4. The summed E-state index contributed by atoms with van der Waals surface area (Å²) in [6.45, 7) is 5.60. The standard InChI is InChI=1S/C11H18N2O3S/c1-4-13(9(3)17(14,15)16)10-5-6-11(12)8(2)7-10/h5-7,9H,4,12H2,1-3H3,(H,14,15,16). The third kappa shape index (κ3) is 3.10. The molecule has 1 aromatic carbocycles. The molecule has 5 nitrogen and oxygen atoms in total. The lowest BCUT2D eigenvalue weighted by molar-refractivity contribution is 0.467. The van der Waals surface area contributed by atoms with Gasteiger partial charge in [0.1, 0.15) is 0 Å². The molecule has 0 spiro atoms. The molecule has 0 saturated heterocycles. The van der Waals surface area contributed by atoms with Crippen molar-refractivity contribution in [3.05, 3.63) is 23.8 Å². The van der Waals surface area contributed by atoms with E-state index in [1.807, 2.05) is 13.8 Å². The molecule has 6 heteroatoms. The molecule has 0 aromatic heterocycles. The second-order valence-electron chi connectivity index (χ2n) is 3.94. The molecule has 0 fully saturated rings. The minimum absolute atomic E-state index is 0.477. The van der Waals surface area contributed by atoms with Crippen LogP contribution in [0.3, 0.4) is 0 Å². The third-order valence-corrected chi connectivity index (χ3v) is 3.91. The van der Waals surface area contributed by atoms with Crippen molar-refractivity contribution in [3.8, 4) is 0 Å². The zero-order valence-corrected chi connectivity index (χ0v) is 11.0. The van der Waals surface area contributed by atoms with E-state index in [0.29, 0.717) is 12.2 Å². The van der Waals surface area contributed by atoms with E-state index in [1.165, 1.54) is 6.92 Å². The highest BCUT2D eigenvalue weighted by atomic mass is 32.2. The molecule has 0 aliphatic rings. The molecule has 1 aromatic rings. The number of anilines is 2. The summed E-state index contributed by atoms with van der Waals surface area (Å²) in [6.07, 6.45) is 0.